The highest BCUT2D eigenvalue weighted by atomic mass is 16.6. The van der Waals surface area contributed by atoms with Gasteiger partial charge in [0.05, 0.1) is 4.92 Å². The van der Waals surface area contributed by atoms with Crippen molar-refractivity contribution in [1.29, 1.82) is 0 Å². The van der Waals surface area contributed by atoms with E-state index in [0.717, 1.165) is 6.20 Å². The van der Waals surface area contributed by atoms with Gasteiger partial charge < -0.3 is 5.32 Å². The minimum atomic E-state index is -0.559. The fraction of sp³-hybridized carbons (Fsp3) is 0. The molecule has 0 aliphatic heterocycles. The topological polar surface area (TPSA) is 85.1 Å². The van der Waals surface area contributed by atoms with Gasteiger partial charge in [-0.2, -0.15) is 0 Å². The quantitative estimate of drug-likeness (QED) is 0.361. The van der Waals surface area contributed by atoms with E-state index >= 15 is 0 Å². The number of anilines is 1. The second kappa shape index (κ2) is 5.40. The first kappa shape index (κ1) is 11.6. The molecule has 0 atom stereocenters. The van der Waals surface area contributed by atoms with Crippen LogP contribution in [0.1, 0.15) is 0 Å². The van der Waals surface area contributed by atoms with E-state index in [1.807, 2.05) is 0 Å². The zero-order valence-corrected chi connectivity index (χ0v) is 8.29. The second-order valence-electron chi connectivity index (χ2n) is 2.74. The summed E-state index contributed by atoms with van der Waals surface area (Å²) >= 11 is 0. The van der Waals surface area contributed by atoms with Gasteiger partial charge >= 0.3 is 0 Å². The van der Waals surface area contributed by atoms with E-state index < -0.39 is 4.92 Å². The lowest BCUT2D eigenvalue weighted by molar-refractivity contribution is -0.385. The van der Waals surface area contributed by atoms with E-state index in [0.29, 0.717) is 0 Å². The zero-order chi connectivity index (χ0) is 12.0. The number of nitrogens with zero attached hydrogens (tertiary/aromatic N) is 2. The van der Waals surface area contributed by atoms with Crippen LogP contribution < -0.4 is 5.32 Å². The van der Waals surface area contributed by atoms with Gasteiger partial charge in [-0.15, -0.1) is 0 Å². The minimum Gasteiger partial charge on any atom is -0.307 e. The number of hydrogen-bond acceptors (Lipinski definition) is 4. The van der Waals surface area contributed by atoms with Gasteiger partial charge in [-0.3, -0.25) is 14.9 Å². The smallest absolute Gasteiger partial charge is 0.287 e. The summed E-state index contributed by atoms with van der Waals surface area (Å²) in [5, 5.41) is 12.8. The lowest BCUT2D eigenvalue weighted by atomic mass is 10.4. The Balaban J connectivity index is 2.68. The molecule has 0 radical (unpaired) electrons. The average Bonchev–Trinajstić information content (AvgIpc) is 2.27. The van der Waals surface area contributed by atoms with Gasteiger partial charge in [0.15, 0.2) is 0 Å². The molecule has 0 saturated heterocycles. The Hall–Kier alpha value is -2.50. The number of amides is 1. The third kappa shape index (κ3) is 3.33. The van der Waals surface area contributed by atoms with Gasteiger partial charge in [-0.25, -0.2) is 4.98 Å². The van der Waals surface area contributed by atoms with Gasteiger partial charge in [0.2, 0.25) is 5.91 Å². The summed E-state index contributed by atoms with van der Waals surface area (Å²) in [6.45, 7) is 3.41. The molecular weight excluding hydrogens is 210 g/mol. The molecule has 0 spiro atoms. The Bertz CT molecular complexity index is 437. The van der Waals surface area contributed by atoms with Crippen molar-refractivity contribution in [3.05, 3.63) is 53.3 Å². The van der Waals surface area contributed by atoms with Crippen molar-refractivity contribution in [1.82, 2.24) is 4.98 Å². The Morgan fingerprint density at radius 1 is 1.56 bits per heavy atom. The molecule has 1 aromatic heterocycles. The zero-order valence-electron chi connectivity index (χ0n) is 8.29. The molecule has 1 N–H and O–H groups in total. The highest BCUT2D eigenvalue weighted by molar-refractivity contribution is 5.98. The molecule has 0 aromatic carbocycles. The number of carbonyl (C=O) groups is 1. The molecule has 1 amide bonds. The number of hydrogen-bond donors (Lipinski definition) is 1. The maximum Gasteiger partial charge on any atom is 0.287 e. The first-order valence-corrected chi connectivity index (χ1v) is 4.34. The maximum atomic E-state index is 11.2. The van der Waals surface area contributed by atoms with E-state index in [9.17, 15) is 14.9 Å². The predicted molar refractivity (Wildman–Crippen MR) is 58.9 cm³/mol. The monoisotopic (exact) mass is 219 g/mol. The first-order valence-electron chi connectivity index (χ1n) is 4.34. The lowest BCUT2D eigenvalue weighted by Crippen LogP contribution is -2.09. The number of carbonyl (C=O) groups excluding carboxylic acids is 1. The molecule has 0 aliphatic carbocycles. The molecular formula is C10H9N3O3. The van der Waals surface area contributed by atoms with Crippen molar-refractivity contribution in [3.63, 3.8) is 0 Å². The van der Waals surface area contributed by atoms with Gasteiger partial charge in [-0.1, -0.05) is 18.7 Å². The fourth-order valence-corrected chi connectivity index (χ4v) is 0.891. The lowest BCUT2D eigenvalue weighted by Gasteiger charge is -1.99. The largest absolute Gasteiger partial charge is 0.307 e. The summed E-state index contributed by atoms with van der Waals surface area (Å²) in [6, 6.07) is 2.62. The molecule has 1 aromatic rings. The van der Waals surface area contributed by atoms with Crippen LogP contribution in [0.2, 0.25) is 0 Å². The number of nitro groups is 1. The van der Waals surface area contributed by atoms with Crippen LogP contribution in [0.15, 0.2) is 43.1 Å². The number of aromatic nitrogens is 1. The molecule has 16 heavy (non-hydrogen) atoms. The molecule has 0 unspecified atom stereocenters. The van der Waals surface area contributed by atoms with E-state index in [1.54, 1.807) is 0 Å². The summed E-state index contributed by atoms with van der Waals surface area (Å²) in [6.07, 6.45) is 5.28. The van der Waals surface area contributed by atoms with Crippen molar-refractivity contribution >= 4 is 17.4 Å². The Kier molecular flexibility index (Phi) is 3.90. The molecule has 82 valence electrons. The van der Waals surface area contributed by atoms with Gasteiger partial charge in [0, 0.05) is 12.1 Å². The predicted octanol–water partition coefficient (Wildman–Crippen LogP) is 1.67. The van der Waals surface area contributed by atoms with E-state index in [4.69, 9.17) is 0 Å². The van der Waals surface area contributed by atoms with Crippen LogP contribution in [0.4, 0.5) is 11.5 Å². The molecule has 1 rings (SSSR count). The van der Waals surface area contributed by atoms with Crippen molar-refractivity contribution in [3.8, 4) is 0 Å². The van der Waals surface area contributed by atoms with Gasteiger partial charge in [0.1, 0.15) is 12.0 Å². The standard InChI is InChI=1S/C10H9N3O3/c1-2-3-4-10(14)12-9-6-5-8(7-11-9)13(15)16/h2-7H,1H2,(H,11,12,14)/b4-3+. The van der Waals surface area contributed by atoms with Crippen LogP contribution in [-0.4, -0.2) is 15.8 Å². The van der Waals surface area contributed by atoms with Crippen LogP contribution >= 0.6 is 0 Å². The highest BCUT2D eigenvalue weighted by Crippen LogP contribution is 2.11. The second-order valence-corrected chi connectivity index (χ2v) is 2.74. The van der Waals surface area contributed by atoms with E-state index in [1.165, 1.54) is 30.4 Å². The van der Waals surface area contributed by atoms with Crippen LogP contribution in [0.5, 0.6) is 0 Å². The van der Waals surface area contributed by atoms with Crippen LogP contribution in [0.25, 0.3) is 0 Å². The molecule has 6 heteroatoms. The normalized spacial score (nSPS) is 10.0. The van der Waals surface area contributed by atoms with Crippen molar-refractivity contribution in [2.45, 2.75) is 0 Å². The van der Waals surface area contributed by atoms with Crippen molar-refractivity contribution < 1.29 is 9.72 Å². The van der Waals surface area contributed by atoms with E-state index in [-0.39, 0.29) is 17.4 Å². The molecule has 1 heterocycles. The third-order valence-corrected chi connectivity index (χ3v) is 1.59. The summed E-state index contributed by atoms with van der Waals surface area (Å²) < 4.78 is 0. The Labute approximate surface area is 91.5 Å². The molecule has 6 nitrogen and oxygen atoms in total. The average molecular weight is 219 g/mol. The van der Waals surface area contributed by atoms with Crippen molar-refractivity contribution in [2.75, 3.05) is 5.32 Å². The third-order valence-electron chi connectivity index (χ3n) is 1.59. The summed E-state index contributed by atoms with van der Waals surface area (Å²) in [7, 11) is 0. The number of nitrogens with one attached hydrogen (secondary N) is 1. The minimum absolute atomic E-state index is 0.125. The Morgan fingerprint density at radius 3 is 2.81 bits per heavy atom. The maximum absolute atomic E-state index is 11.2. The van der Waals surface area contributed by atoms with Crippen LogP contribution in [-0.2, 0) is 4.79 Å². The first-order chi connectivity index (χ1) is 7.63. The Morgan fingerprint density at radius 2 is 2.31 bits per heavy atom. The van der Waals surface area contributed by atoms with Crippen molar-refractivity contribution in [2.24, 2.45) is 0 Å². The number of pyridine rings is 1. The van der Waals surface area contributed by atoms with E-state index in [2.05, 4.69) is 16.9 Å². The molecule has 0 aliphatic rings. The molecule has 0 bridgehead atoms. The number of allylic oxidation sites excluding steroid dienone is 2. The summed E-state index contributed by atoms with van der Waals surface area (Å²) in [5.74, 6) is -0.120. The summed E-state index contributed by atoms with van der Waals surface area (Å²) in [5.41, 5.74) is -0.125. The molecule has 0 fully saturated rings. The SMILES string of the molecule is C=C/C=C/C(=O)Nc1ccc([N+](=O)[O-])cn1. The van der Waals surface area contributed by atoms with Crippen LogP contribution in [0, 0.1) is 10.1 Å². The molecule has 0 saturated carbocycles. The fourth-order valence-electron chi connectivity index (χ4n) is 0.891. The van der Waals surface area contributed by atoms with Gasteiger partial charge in [-0.05, 0) is 6.07 Å². The van der Waals surface area contributed by atoms with Crippen LogP contribution in [0.3, 0.4) is 0 Å². The number of rotatable bonds is 4. The highest BCUT2D eigenvalue weighted by Gasteiger charge is 2.05. The summed E-state index contributed by atoms with van der Waals surface area (Å²) in [4.78, 5) is 24.7. The van der Waals surface area contributed by atoms with Gasteiger partial charge in [0.25, 0.3) is 5.69 Å².